The molecule has 0 amide bonds. The van der Waals surface area contributed by atoms with E-state index in [9.17, 15) is 24.8 Å². The summed E-state index contributed by atoms with van der Waals surface area (Å²) in [5.74, 6) is -2.19. The molecule has 2 aromatic rings. The number of ether oxygens (including phenoxy) is 1. The molecule has 0 radical (unpaired) electrons. The molecule has 1 aromatic carbocycles. The van der Waals surface area contributed by atoms with E-state index in [0.717, 1.165) is 16.8 Å². The molecule has 0 aliphatic heterocycles. The van der Waals surface area contributed by atoms with Crippen LogP contribution in [0.5, 0.6) is 0 Å². The Hall–Kier alpha value is -2.94. The number of aromatic carboxylic acids is 1. The number of carboxylic acid groups (broad SMARTS) is 1. The zero-order valence-electron chi connectivity index (χ0n) is 11.7. The molecule has 120 valence electrons. The van der Waals surface area contributed by atoms with Crippen molar-refractivity contribution in [3.8, 4) is 5.69 Å². The van der Waals surface area contributed by atoms with E-state index < -0.39 is 16.9 Å². The summed E-state index contributed by atoms with van der Waals surface area (Å²) in [6, 6.07) is 4.49. The molecule has 0 atom stereocenters. The molecule has 0 bridgehead atoms. The van der Waals surface area contributed by atoms with E-state index in [1.807, 2.05) is 0 Å². The van der Waals surface area contributed by atoms with Crippen molar-refractivity contribution in [2.45, 2.75) is 6.92 Å². The van der Waals surface area contributed by atoms with Gasteiger partial charge in [0.05, 0.1) is 22.2 Å². The number of benzene rings is 1. The standard InChI is InChI=1S/C13H10ClN3O6/c1-2-23-13(20)9-6-11(12(18)19)16(15-9)10-5-7(17(21)22)3-4-8(10)14/h3-6H,2H2,1H3,(H,18,19). The molecule has 1 heterocycles. The summed E-state index contributed by atoms with van der Waals surface area (Å²) < 4.78 is 5.61. The van der Waals surface area contributed by atoms with E-state index in [-0.39, 0.29) is 34.4 Å². The summed E-state index contributed by atoms with van der Waals surface area (Å²) in [5, 5.41) is 24.0. The molecular formula is C13H10ClN3O6. The number of esters is 1. The maximum atomic E-state index is 11.7. The Morgan fingerprint density at radius 3 is 2.70 bits per heavy atom. The van der Waals surface area contributed by atoms with Crippen molar-refractivity contribution in [2.24, 2.45) is 0 Å². The highest BCUT2D eigenvalue weighted by Gasteiger charge is 2.23. The number of carboxylic acids is 1. The van der Waals surface area contributed by atoms with Gasteiger partial charge in [-0.05, 0) is 13.0 Å². The number of nitrogens with zero attached hydrogens (tertiary/aromatic N) is 3. The van der Waals surface area contributed by atoms with Crippen molar-refractivity contribution < 1.29 is 24.4 Å². The van der Waals surface area contributed by atoms with Gasteiger partial charge in [-0.25, -0.2) is 14.3 Å². The van der Waals surface area contributed by atoms with Gasteiger partial charge in [-0.3, -0.25) is 10.1 Å². The van der Waals surface area contributed by atoms with Crippen LogP contribution in [0.2, 0.25) is 5.02 Å². The van der Waals surface area contributed by atoms with Crippen LogP contribution >= 0.6 is 11.6 Å². The molecule has 1 aromatic heterocycles. The average molecular weight is 340 g/mol. The molecule has 0 aliphatic rings. The minimum Gasteiger partial charge on any atom is -0.477 e. The Balaban J connectivity index is 2.62. The van der Waals surface area contributed by atoms with Crippen LogP contribution in [-0.2, 0) is 4.74 Å². The van der Waals surface area contributed by atoms with Crippen molar-refractivity contribution in [3.63, 3.8) is 0 Å². The number of nitro benzene ring substituents is 1. The Morgan fingerprint density at radius 2 is 2.13 bits per heavy atom. The largest absolute Gasteiger partial charge is 0.477 e. The van der Waals surface area contributed by atoms with E-state index >= 15 is 0 Å². The van der Waals surface area contributed by atoms with Crippen molar-refractivity contribution in [2.75, 3.05) is 6.61 Å². The van der Waals surface area contributed by atoms with Gasteiger partial charge in [0.2, 0.25) is 0 Å². The van der Waals surface area contributed by atoms with Crippen molar-refractivity contribution in [1.29, 1.82) is 0 Å². The molecule has 9 nitrogen and oxygen atoms in total. The quantitative estimate of drug-likeness (QED) is 0.503. The maximum Gasteiger partial charge on any atom is 0.358 e. The minimum absolute atomic E-state index is 0.0335. The molecule has 0 saturated heterocycles. The van der Waals surface area contributed by atoms with Gasteiger partial charge in [0.25, 0.3) is 5.69 Å². The molecule has 0 saturated carbocycles. The van der Waals surface area contributed by atoms with Crippen molar-refractivity contribution in [3.05, 3.63) is 50.8 Å². The van der Waals surface area contributed by atoms with Crippen LogP contribution in [0, 0.1) is 10.1 Å². The van der Waals surface area contributed by atoms with Gasteiger partial charge >= 0.3 is 11.9 Å². The summed E-state index contributed by atoms with van der Waals surface area (Å²) in [6.45, 7) is 1.68. The molecule has 1 N–H and O–H groups in total. The summed E-state index contributed by atoms with van der Waals surface area (Å²) in [6.07, 6.45) is 0. The fourth-order valence-corrected chi connectivity index (χ4v) is 2.00. The lowest BCUT2D eigenvalue weighted by Crippen LogP contribution is -2.09. The van der Waals surface area contributed by atoms with Gasteiger partial charge in [0, 0.05) is 18.2 Å². The molecule has 0 unspecified atom stereocenters. The summed E-state index contributed by atoms with van der Waals surface area (Å²) >= 11 is 5.97. The predicted octanol–water partition coefficient (Wildman–Crippen LogP) is 2.31. The van der Waals surface area contributed by atoms with Gasteiger partial charge in [-0.2, -0.15) is 5.10 Å². The van der Waals surface area contributed by atoms with E-state index in [1.165, 1.54) is 12.1 Å². The van der Waals surface area contributed by atoms with Gasteiger partial charge in [0.15, 0.2) is 11.4 Å². The normalized spacial score (nSPS) is 10.3. The zero-order valence-corrected chi connectivity index (χ0v) is 12.5. The number of hydrogen-bond donors (Lipinski definition) is 1. The number of aromatic nitrogens is 2. The second-order valence-corrected chi connectivity index (χ2v) is 4.65. The van der Waals surface area contributed by atoms with Crippen LogP contribution in [0.25, 0.3) is 5.69 Å². The highest BCUT2D eigenvalue weighted by Crippen LogP contribution is 2.26. The van der Waals surface area contributed by atoms with Crippen LogP contribution < -0.4 is 0 Å². The average Bonchev–Trinajstić information content (AvgIpc) is 2.93. The summed E-state index contributed by atoms with van der Waals surface area (Å²) in [7, 11) is 0. The Morgan fingerprint density at radius 1 is 1.43 bits per heavy atom. The second kappa shape index (κ2) is 6.44. The monoisotopic (exact) mass is 339 g/mol. The van der Waals surface area contributed by atoms with Gasteiger partial charge < -0.3 is 9.84 Å². The first kappa shape index (κ1) is 16.4. The van der Waals surface area contributed by atoms with Crippen LogP contribution in [0.4, 0.5) is 5.69 Å². The van der Waals surface area contributed by atoms with Crippen LogP contribution in [0.3, 0.4) is 0 Å². The highest BCUT2D eigenvalue weighted by atomic mass is 35.5. The molecule has 0 spiro atoms. The molecular weight excluding hydrogens is 330 g/mol. The van der Waals surface area contributed by atoms with Crippen LogP contribution in [-0.4, -0.2) is 38.4 Å². The number of hydrogen-bond acceptors (Lipinski definition) is 6. The predicted molar refractivity (Wildman–Crippen MR) is 78.1 cm³/mol. The third kappa shape index (κ3) is 3.29. The number of carbonyl (C=O) groups excluding carboxylic acids is 1. The van der Waals surface area contributed by atoms with Crippen LogP contribution in [0.15, 0.2) is 24.3 Å². The first-order valence-corrected chi connectivity index (χ1v) is 6.67. The van der Waals surface area contributed by atoms with Gasteiger partial charge in [-0.15, -0.1) is 0 Å². The smallest absolute Gasteiger partial charge is 0.358 e. The highest BCUT2D eigenvalue weighted by molar-refractivity contribution is 6.32. The Bertz CT molecular complexity index is 801. The fourth-order valence-electron chi connectivity index (χ4n) is 1.80. The third-order valence-electron chi connectivity index (χ3n) is 2.78. The second-order valence-electron chi connectivity index (χ2n) is 4.25. The van der Waals surface area contributed by atoms with E-state index in [0.29, 0.717) is 0 Å². The topological polar surface area (TPSA) is 125 Å². The van der Waals surface area contributed by atoms with Gasteiger partial charge in [-0.1, -0.05) is 11.6 Å². The summed E-state index contributed by atoms with van der Waals surface area (Å²) in [5.41, 5.74) is -0.954. The molecule has 0 aliphatic carbocycles. The first-order valence-electron chi connectivity index (χ1n) is 6.30. The number of non-ortho nitro benzene ring substituents is 1. The third-order valence-corrected chi connectivity index (χ3v) is 3.10. The maximum absolute atomic E-state index is 11.7. The van der Waals surface area contributed by atoms with Crippen molar-refractivity contribution in [1.82, 2.24) is 9.78 Å². The zero-order chi connectivity index (χ0) is 17.1. The Kier molecular flexibility index (Phi) is 4.60. The number of carbonyl (C=O) groups is 2. The van der Waals surface area contributed by atoms with E-state index in [1.54, 1.807) is 6.92 Å². The van der Waals surface area contributed by atoms with E-state index in [2.05, 4.69) is 5.10 Å². The molecule has 0 fully saturated rings. The molecule has 2 rings (SSSR count). The number of rotatable bonds is 5. The minimum atomic E-state index is -1.38. The molecule has 10 heteroatoms. The Labute approximate surface area is 134 Å². The number of nitro groups is 1. The lowest BCUT2D eigenvalue weighted by Gasteiger charge is -2.06. The lowest BCUT2D eigenvalue weighted by molar-refractivity contribution is -0.384. The SMILES string of the molecule is CCOC(=O)c1cc(C(=O)O)n(-c2cc([N+](=O)[O-])ccc2Cl)n1. The summed E-state index contributed by atoms with van der Waals surface area (Å²) in [4.78, 5) is 33.2. The van der Waals surface area contributed by atoms with Crippen LogP contribution in [0.1, 0.15) is 27.9 Å². The number of halogens is 1. The molecule has 23 heavy (non-hydrogen) atoms. The van der Waals surface area contributed by atoms with Gasteiger partial charge in [0.1, 0.15) is 0 Å². The lowest BCUT2D eigenvalue weighted by atomic mass is 10.2. The fraction of sp³-hybridized carbons (Fsp3) is 0.154. The first-order chi connectivity index (χ1) is 10.8. The van der Waals surface area contributed by atoms with Crippen molar-refractivity contribution >= 4 is 29.2 Å². The van der Waals surface area contributed by atoms with E-state index in [4.69, 9.17) is 16.3 Å².